The zero-order valence-corrected chi connectivity index (χ0v) is 13.0. The molecule has 20 heavy (non-hydrogen) atoms. The second-order valence-electron chi connectivity index (χ2n) is 5.90. The molecule has 1 aromatic rings. The largest absolute Gasteiger partial charge is 0.497 e. The Bertz CT molecular complexity index is 415. The molecule has 0 bridgehead atoms. The SMILES string of the molecule is CCCCN(C1CC1)C(c1cccc(OC)c1)C(C)N. The van der Waals surface area contributed by atoms with Crippen LogP contribution in [0.25, 0.3) is 0 Å². The first-order valence-electron chi connectivity index (χ1n) is 7.82. The van der Waals surface area contributed by atoms with Crippen molar-refractivity contribution < 1.29 is 4.74 Å². The highest BCUT2D eigenvalue weighted by Crippen LogP contribution is 2.36. The molecule has 2 unspecified atom stereocenters. The summed E-state index contributed by atoms with van der Waals surface area (Å²) in [5, 5.41) is 0. The number of methoxy groups -OCH3 is 1. The molecule has 1 aromatic carbocycles. The molecular formula is C17H28N2O. The average Bonchev–Trinajstić information content (AvgIpc) is 3.27. The summed E-state index contributed by atoms with van der Waals surface area (Å²) in [4.78, 5) is 2.61. The molecule has 1 saturated carbocycles. The molecule has 0 spiro atoms. The van der Waals surface area contributed by atoms with E-state index in [9.17, 15) is 0 Å². The molecule has 2 rings (SSSR count). The minimum absolute atomic E-state index is 0.125. The summed E-state index contributed by atoms with van der Waals surface area (Å²) in [6.45, 7) is 5.51. The van der Waals surface area contributed by atoms with Crippen molar-refractivity contribution in [3.05, 3.63) is 29.8 Å². The summed E-state index contributed by atoms with van der Waals surface area (Å²) in [5.74, 6) is 0.916. The molecule has 0 aliphatic heterocycles. The van der Waals surface area contributed by atoms with Crippen LogP contribution in [-0.2, 0) is 0 Å². The molecule has 0 radical (unpaired) electrons. The van der Waals surface area contributed by atoms with Crippen molar-refractivity contribution >= 4 is 0 Å². The quantitative estimate of drug-likeness (QED) is 0.791. The summed E-state index contributed by atoms with van der Waals surface area (Å²) in [6.07, 6.45) is 5.10. The van der Waals surface area contributed by atoms with Crippen LogP contribution in [0.4, 0.5) is 0 Å². The van der Waals surface area contributed by atoms with Gasteiger partial charge in [-0.1, -0.05) is 25.5 Å². The molecule has 2 atom stereocenters. The number of hydrogen-bond acceptors (Lipinski definition) is 3. The molecule has 1 fully saturated rings. The van der Waals surface area contributed by atoms with E-state index in [0.29, 0.717) is 6.04 Å². The van der Waals surface area contributed by atoms with Gasteiger partial charge >= 0.3 is 0 Å². The Morgan fingerprint density at radius 2 is 2.15 bits per heavy atom. The maximum Gasteiger partial charge on any atom is 0.119 e. The average molecular weight is 276 g/mol. The van der Waals surface area contributed by atoms with E-state index in [1.807, 2.05) is 6.07 Å². The van der Waals surface area contributed by atoms with Crippen molar-refractivity contribution in [3.63, 3.8) is 0 Å². The van der Waals surface area contributed by atoms with E-state index < -0.39 is 0 Å². The zero-order chi connectivity index (χ0) is 14.5. The summed E-state index contributed by atoms with van der Waals surface area (Å²) in [6, 6.07) is 9.52. The first-order chi connectivity index (χ1) is 9.67. The summed E-state index contributed by atoms with van der Waals surface area (Å²) >= 11 is 0. The number of ether oxygens (including phenoxy) is 1. The van der Waals surface area contributed by atoms with Crippen LogP contribution in [0.5, 0.6) is 5.75 Å². The van der Waals surface area contributed by atoms with Crippen LogP contribution in [0.3, 0.4) is 0 Å². The van der Waals surface area contributed by atoms with Gasteiger partial charge in [-0.2, -0.15) is 0 Å². The van der Waals surface area contributed by atoms with Gasteiger partial charge in [0.15, 0.2) is 0 Å². The Balaban J connectivity index is 2.23. The van der Waals surface area contributed by atoms with Gasteiger partial charge in [-0.25, -0.2) is 0 Å². The van der Waals surface area contributed by atoms with Crippen molar-refractivity contribution in [1.29, 1.82) is 0 Å². The van der Waals surface area contributed by atoms with Crippen LogP contribution in [0, 0.1) is 0 Å². The van der Waals surface area contributed by atoms with Crippen molar-refractivity contribution in [2.24, 2.45) is 5.73 Å². The standard InChI is InChI=1S/C17H28N2O/c1-4-5-11-19(15-9-10-15)17(13(2)18)14-7-6-8-16(12-14)20-3/h6-8,12-13,15,17H,4-5,9-11,18H2,1-3H3. The van der Waals surface area contributed by atoms with Crippen LogP contribution in [0.2, 0.25) is 0 Å². The van der Waals surface area contributed by atoms with Crippen LogP contribution < -0.4 is 10.5 Å². The number of benzene rings is 1. The lowest BCUT2D eigenvalue weighted by molar-refractivity contribution is 0.163. The fourth-order valence-electron chi connectivity index (χ4n) is 2.92. The number of unbranched alkanes of at least 4 members (excludes halogenated alkanes) is 1. The molecule has 2 N–H and O–H groups in total. The molecule has 3 nitrogen and oxygen atoms in total. The van der Waals surface area contributed by atoms with Gasteiger partial charge < -0.3 is 10.5 Å². The monoisotopic (exact) mass is 276 g/mol. The fourth-order valence-corrected chi connectivity index (χ4v) is 2.92. The smallest absolute Gasteiger partial charge is 0.119 e. The number of nitrogens with two attached hydrogens (primary N) is 1. The molecular weight excluding hydrogens is 248 g/mol. The van der Waals surface area contributed by atoms with Crippen LogP contribution >= 0.6 is 0 Å². The minimum atomic E-state index is 0.125. The van der Waals surface area contributed by atoms with E-state index in [0.717, 1.165) is 18.3 Å². The Kier molecular flexibility index (Phi) is 5.44. The second kappa shape index (κ2) is 7.09. The molecule has 112 valence electrons. The third-order valence-corrected chi connectivity index (χ3v) is 4.08. The van der Waals surface area contributed by atoms with Gasteiger partial charge in [0.1, 0.15) is 5.75 Å². The summed E-state index contributed by atoms with van der Waals surface area (Å²) in [5.41, 5.74) is 7.60. The number of nitrogens with zero attached hydrogens (tertiary/aromatic N) is 1. The van der Waals surface area contributed by atoms with Gasteiger partial charge in [0.05, 0.1) is 13.2 Å². The van der Waals surface area contributed by atoms with Crippen molar-refractivity contribution in [2.45, 2.75) is 57.7 Å². The maximum absolute atomic E-state index is 6.32. The first-order valence-corrected chi connectivity index (χ1v) is 7.82. The predicted octanol–water partition coefficient (Wildman–Crippen LogP) is 3.35. The topological polar surface area (TPSA) is 38.5 Å². The van der Waals surface area contributed by atoms with E-state index >= 15 is 0 Å². The van der Waals surface area contributed by atoms with E-state index in [1.165, 1.54) is 31.2 Å². The van der Waals surface area contributed by atoms with Crippen molar-refractivity contribution in [1.82, 2.24) is 4.90 Å². The van der Waals surface area contributed by atoms with E-state index in [4.69, 9.17) is 10.5 Å². The van der Waals surface area contributed by atoms with E-state index in [-0.39, 0.29) is 6.04 Å². The lowest BCUT2D eigenvalue weighted by Gasteiger charge is -2.35. The Morgan fingerprint density at radius 3 is 2.70 bits per heavy atom. The van der Waals surface area contributed by atoms with Gasteiger partial charge in [-0.15, -0.1) is 0 Å². The maximum atomic E-state index is 6.32. The zero-order valence-electron chi connectivity index (χ0n) is 13.0. The van der Waals surface area contributed by atoms with Crippen LogP contribution in [0.15, 0.2) is 24.3 Å². The highest BCUT2D eigenvalue weighted by Gasteiger charge is 2.35. The highest BCUT2D eigenvalue weighted by atomic mass is 16.5. The van der Waals surface area contributed by atoms with Crippen molar-refractivity contribution in [3.8, 4) is 5.75 Å². The molecule has 0 amide bonds. The Hall–Kier alpha value is -1.06. The third kappa shape index (κ3) is 3.74. The van der Waals surface area contributed by atoms with Gasteiger partial charge in [0.25, 0.3) is 0 Å². The van der Waals surface area contributed by atoms with E-state index in [2.05, 4.69) is 36.9 Å². The Morgan fingerprint density at radius 1 is 1.40 bits per heavy atom. The summed E-state index contributed by atoms with van der Waals surface area (Å²) in [7, 11) is 1.72. The second-order valence-corrected chi connectivity index (χ2v) is 5.90. The van der Waals surface area contributed by atoms with Crippen LogP contribution in [0.1, 0.15) is 51.1 Å². The molecule has 1 aliphatic carbocycles. The molecule has 0 heterocycles. The molecule has 0 saturated heterocycles. The van der Waals surface area contributed by atoms with Gasteiger partial charge in [0.2, 0.25) is 0 Å². The van der Waals surface area contributed by atoms with Gasteiger partial charge in [-0.05, 0) is 50.4 Å². The van der Waals surface area contributed by atoms with Crippen molar-refractivity contribution in [2.75, 3.05) is 13.7 Å². The van der Waals surface area contributed by atoms with Gasteiger partial charge in [-0.3, -0.25) is 4.90 Å². The van der Waals surface area contributed by atoms with E-state index in [1.54, 1.807) is 7.11 Å². The third-order valence-electron chi connectivity index (χ3n) is 4.08. The predicted molar refractivity (Wildman–Crippen MR) is 84.0 cm³/mol. The number of hydrogen-bond donors (Lipinski definition) is 1. The van der Waals surface area contributed by atoms with Gasteiger partial charge in [0, 0.05) is 12.1 Å². The molecule has 1 aliphatic rings. The first kappa shape index (κ1) is 15.3. The minimum Gasteiger partial charge on any atom is -0.497 e. The lowest BCUT2D eigenvalue weighted by Crippen LogP contribution is -2.41. The number of rotatable bonds is 8. The molecule has 3 heteroatoms. The summed E-state index contributed by atoms with van der Waals surface area (Å²) < 4.78 is 5.36. The lowest BCUT2D eigenvalue weighted by atomic mass is 9.98. The highest BCUT2D eigenvalue weighted by molar-refractivity contribution is 5.31. The normalized spacial score (nSPS) is 18.1. The molecule has 0 aromatic heterocycles. The Labute approximate surface area is 123 Å². The fraction of sp³-hybridized carbons (Fsp3) is 0.647. The van der Waals surface area contributed by atoms with Crippen LogP contribution in [-0.4, -0.2) is 30.6 Å².